The first kappa shape index (κ1) is 18.2. The number of nitrogens with one attached hydrogen (secondary N) is 1. The number of benzene rings is 1. The Balaban J connectivity index is 1.70. The number of nitrogens with zero attached hydrogens (tertiary/aromatic N) is 3. The Kier molecular flexibility index (Phi) is 5.10. The van der Waals surface area contributed by atoms with Crippen LogP contribution in [-0.4, -0.2) is 29.7 Å². The number of sulfonamides is 1. The molecule has 3 aromatic rings. The topological polar surface area (TPSA) is 76.9 Å². The van der Waals surface area contributed by atoms with E-state index < -0.39 is 26.6 Å². The lowest BCUT2D eigenvalue weighted by molar-refractivity contribution is 0.535. The standard InChI is InChI=1S/C17H16F2N4O2S/c1-12-9-16(13-3-2-6-20-11-13)22-23(12)8-7-21-26(24,25)17-10-14(18)4-5-15(17)19/h2-6,9-11,21H,7-8H2,1H3. The van der Waals surface area contributed by atoms with Crippen LogP contribution < -0.4 is 4.72 Å². The minimum atomic E-state index is -4.16. The van der Waals surface area contributed by atoms with Crippen LogP contribution in [0.5, 0.6) is 0 Å². The third-order valence-corrected chi connectivity index (χ3v) is 5.21. The van der Waals surface area contributed by atoms with Gasteiger partial charge in [-0.3, -0.25) is 9.67 Å². The van der Waals surface area contributed by atoms with Crippen LogP contribution in [0.15, 0.2) is 53.7 Å². The summed E-state index contributed by atoms with van der Waals surface area (Å²) in [5.41, 5.74) is 2.39. The van der Waals surface area contributed by atoms with E-state index in [0.717, 1.165) is 29.1 Å². The molecule has 0 radical (unpaired) electrons. The van der Waals surface area contributed by atoms with Gasteiger partial charge in [0.1, 0.15) is 16.5 Å². The van der Waals surface area contributed by atoms with Gasteiger partial charge in [-0.1, -0.05) is 0 Å². The Labute approximate surface area is 149 Å². The van der Waals surface area contributed by atoms with Crippen molar-refractivity contribution in [2.75, 3.05) is 6.54 Å². The summed E-state index contributed by atoms with van der Waals surface area (Å²) in [6, 6.07) is 7.82. The molecule has 3 rings (SSSR count). The number of halogens is 2. The molecule has 0 unspecified atom stereocenters. The van der Waals surface area contributed by atoms with Crippen molar-refractivity contribution in [2.24, 2.45) is 0 Å². The van der Waals surface area contributed by atoms with E-state index in [4.69, 9.17) is 0 Å². The minimum Gasteiger partial charge on any atom is -0.268 e. The fraction of sp³-hybridized carbons (Fsp3) is 0.176. The molecule has 0 aliphatic heterocycles. The summed E-state index contributed by atoms with van der Waals surface area (Å²) in [5.74, 6) is -1.83. The summed E-state index contributed by atoms with van der Waals surface area (Å²) in [6.45, 7) is 2.06. The molecule has 26 heavy (non-hydrogen) atoms. The largest absolute Gasteiger partial charge is 0.268 e. The third-order valence-electron chi connectivity index (χ3n) is 3.74. The summed E-state index contributed by atoms with van der Waals surface area (Å²) in [5, 5.41) is 4.41. The van der Waals surface area contributed by atoms with E-state index in [1.807, 2.05) is 19.1 Å². The fourth-order valence-corrected chi connectivity index (χ4v) is 3.55. The molecule has 0 amide bonds. The molecule has 2 heterocycles. The SMILES string of the molecule is Cc1cc(-c2cccnc2)nn1CCNS(=O)(=O)c1cc(F)ccc1F. The lowest BCUT2D eigenvalue weighted by Crippen LogP contribution is -2.28. The molecule has 0 atom stereocenters. The van der Waals surface area contributed by atoms with Gasteiger partial charge < -0.3 is 0 Å². The van der Waals surface area contributed by atoms with Crippen LogP contribution >= 0.6 is 0 Å². The number of aromatic nitrogens is 3. The van der Waals surface area contributed by atoms with Gasteiger partial charge in [0.25, 0.3) is 0 Å². The van der Waals surface area contributed by atoms with Crippen LogP contribution in [0.3, 0.4) is 0 Å². The highest BCUT2D eigenvalue weighted by molar-refractivity contribution is 7.89. The normalized spacial score (nSPS) is 11.7. The first-order chi connectivity index (χ1) is 12.4. The molecule has 0 fully saturated rings. The van der Waals surface area contributed by atoms with Gasteiger partial charge in [-0.05, 0) is 43.3 Å². The van der Waals surface area contributed by atoms with E-state index in [1.165, 1.54) is 0 Å². The monoisotopic (exact) mass is 378 g/mol. The molecule has 6 nitrogen and oxygen atoms in total. The van der Waals surface area contributed by atoms with Crippen LogP contribution in [0.1, 0.15) is 5.69 Å². The van der Waals surface area contributed by atoms with E-state index in [0.29, 0.717) is 6.07 Å². The first-order valence-electron chi connectivity index (χ1n) is 7.76. The van der Waals surface area contributed by atoms with E-state index in [2.05, 4.69) is 14.8 Å². The van der Waals surface area contributed by atoms with Crippen LogP contribution in [0.4, 0.5) is 8.78 Å². The van der Waals surface area contributed by atoms with Crippen LogP contribution in [0.25, 0.3) is 11.3 Å². The fourth-order valence-electron chi connectivity index (χ4n) is 2.44. The average Bonchev–Trinajstić information content (AvgIpc) is 2.98. The number of pyridine rings is 1. The Bertz CT molecular complexity index is 1020. The second-order valence-corrected chi connectivity index (χ2v) is 7.34. The molecule has 9 heteroatoms. The van der Waals surface area contributed by atoms with Gasteiger partial charge in [0.2, 0.25) is 10.0 Å². The van der Waals surface area contributed by atoms with Gasteiger partial charge in [0, 0.05) is 30.2 Å². The molecule has 0 aliphatic rings. The van der Waals surface area contributed by atoms with Gasteiger partial charge >= 0.3 is 0 Å². The molecule has 2 aromatic heterocycles. The van der Waals surface area contributed by atoms with Crippen molar-refractivity contribution in [1.82, 2.24) is 19.5 Å². The predicted octanol–water partition coefficient (Wildman–Crippen LogP) is 2.51. The van der Waals surface area contributed by atoms with Crippen molar-refractivity contribution in [1.29, 1.82) is 0 Å². The maximum absolute atomic E-state index is 13.7. The number of rotatable bonds is 6. The zero-order valence-electron chi connectivity index (χ0n) is 13.9. The van der Waals surface area contributed by atoms with Crippen molar-refractivity contribution in [3.8, 4) is 11.3 Å². The minimum absolute atomic E-state index is 0.0205. The first-order valence-corrected chi connectivity index (χ1v) is 9.25. The predicted molar refractivity (Wildman–Crippen MR) is 91.7 cm³/mol. The number of hydrogen-bond acceptors (Lipinski definition) is 4. The van der Waals surface area contributed by atoms with E-state index in [1.54, 1.807) is 23.1 Å². The van der Waals surface area contributed by atoms with E-state index in [9.17, 15) is 17.2 Å². The molecule has 0 saturated heterocycles. The summed E-state index contributed by atoms with van der Waals surface area (Å²) >= 11 is 0. The summed E-state index contributed by atoms with van der Waals surface area (Å²) in [4.78, 5) is 3.32. The van der Waals surface area contributed by atoms with Crippen molar-refractivity contribution < 1.29 is 17.2 Å². The van der Waals surface area contributed by atoms with Gasteiger partial charge in [-0.25, -0.2) is 21.9 Å². The van der Waals surface area contributed by atoms with Gasteiger partial charge in [0.05, 0.1) is 12.2 Å². The summed E-state index contributed by atoms with van der Waals surface area (Å²) in [7, 11) is -4.16. The van der Waals surface area contributed by atoms with E-state index >= 15 is 0 Å². The molecule has 0 aliphatic carbocycles. The van der Waals surface area contributed by atoms with Crippen LogP contribution in [0, 0.1) is 18.6 Å². The quantitative estimate of drug-likeness (QED) is 0.715. The van der Waals surface area contributed by atoms with Crippen molar-refractivity contribution >= 4 is 10.0 Å². The maximum Gasteiger partial charge on any atom is 0.243 e. The molecule has 136 valence electrons. The second-order valence-electron chi connectivity index (χ2n) is 5.61. The molecule has 0 bridgehead atoms. The Morgan fingerprint density at radius 2 is 2.00 bits per heavy atom. The molecule has 1 aromatic carbocycles. The van der Waals surface area contributed by atoms with Gasteiger partial charge in [-0.15, -0.1) is 0 Å². The highest BCUT2D eigenvalue weighted by Gasteiger charge is 2.19. The number of aryl methyl sites for hydroxylation is 1. The molecular formula is C17H16F2N4O2S. The second kappa shape index (κ2) is 7.30. The number of hydrogen-bond donors (Lipinski definition) is 1. The summed E-state index contributed by atoms with van der Waals surface area (Å²) < 4.78 is 55.1. The maximum atomic E-state index is 13.7. The van der Waals surface area contributed by atoms with Crippen LogP contribution in [0.2, 0.25) is 0 Å². The zero-order chi connectivity index (χ0) is 18.7. The zero-order valence-corrected chi connectivity index (χ0v) is 14.7. The lowest BCUT2D eigenvalue weighted by Gasteiger charge is -2.09. The van der Waals surface area contributed by atoms with Gasteiger partial charge in [-0.2, -0.15) is 5.10 Å². The van der Waals surface area contributed by atoms with Crippen molar-refractivity contribution in [2.45, 2.75) is 18.4 Å². The van der Waals surface area contributed by atoms with Gasteiger partial charge in [0.15, 0.2) is 0 Å². The Morgan fingerprint density at radius 3 is 2.73 bits per heavy atom. The summed E-state index contributed by atoms with van der Waals surface area (Å²) in [6.07, 6.45) is 3.34. The molecule has 1 N–H and O–H groups in total. The highest BCUT2D eigenvalue weighted by Crippen LogP contribution is 2.18. The third kappa shape index (κ3) is 3.94. The molecular weight excluding hydrogens is 362 g/mol. The molecule has 0 spiro atoms. The van der Waals surface area contributed by atoms with Crippen LogP contribution in [-0.2, 0) is 16.6 Å². The Morgan fingerprint density at radius 1 is 1.19 bits per heavy atom. The lowest BCUT2D eigenvalue weighted by atomic mass is 10.2. The smallest absolute Gasteiger partial charge is 0.243 e. The Hall–Kier alpha value is -2.65. The highest BCUT2D eigenvalue weighted by atomic mass is 32.2. The molecule has 0 saturated carbocycles. The average molecular weight is 378 g/mol. The van der Waals surface area contributed by atoms with E-state index in [-0.39, 0.29) is 13.1 Å². The van der Waals surface area contributed by atoms with Crippen molar-refractivity contribution in [3.63, 3.8) is 0 Å². The van der Waals surface area contributed by atoms with Crippen molar-refractivity contribution in [3.05, 3.63) is 66.1 Å².